The minimum Gasteiger partial charge on any atom is -0.445 e. The molecule has 7 nitrogen and oxygen atoms in total. The van der Waals surface area contributed by atoms with Crippen molar-refractivity contribution in [2.24, 2.45) is 0 Å². The summed E-state index contributed by atoms with van der Waals surface area (Å²) in [7, 11) is 0. The molecule has 3 aromatic carbocycles. The number of nitrogens with zero attached hydrogens (tertiary/aromatic N) is 1. The Morgan fingerprint density at radius 3 is 2.17 bits per heavy atom. The predicted octanol–water partition coefficient (Wildman–Crippen LogP) is 7.72. The summed E-state index contributed by atoms with van der Waals surface area (Å²) in [5.41, 5.74) is 1.28. The Bertz CT molecular complexity index is 1390. The van der Waals surface area contributed by atoms with E-state index in [2.05, 4.69) is 12.2 Å². The quantitative estimate of drug-likeness (QED) is 0.173. The van der Waals surface area contributed by atoms with Gasteiger partial charge in [0.2, 0.25) is 5.91 Å². The first kappa shape index (κ1) is 35.0. The number of nitrogens with one attached hydrogen (secondary N) is 1. The summed E-state index contributed by atoms with van der Waals surface area (Å²) in [5, 5.41) is 3.11. The number of hydrogen-bond donors (Lipinski definition) is 1. The van der Waals surface area contributed by atoms with Gasteiger partial charge in [0.1, 0.15) is 20.0 Å². The van der Waals surface area contributed by atoms with Crippen molar-refractivity contribution in [2.45, 2.75) is 83.6 Å². The Kier molecular flexibility index (Phi) is 12.7. The van der Waals surface area contributed by atoms with Gasteiger partial charge in [-0.1, -0.05) is 92.2 Å². The van der Waals surface area contributed by atoms with Crippen molar-refractivity contribution >= 4 is 12.0 Å². The lowest BCUT2D eigenvalue weighted by molar-refractivity contribution is -0.126. The van der Waals surface area contributed by atoms with E-state index in [0.29, 0.717) is 36.1 Å². The number of carbonyl (C=O) groups excluding carboxylic acids is 2. The number of rotatable bonds is 15. The second-order valence-electron chi connectivity index (χ2n) is 12.2. The van der Waals surface area contributed by atoms with Crippen LogP contribution in [0.4, 0.5) is 13.6 Å². The highest BCUT2D eigenvalue weighted by Gasteiger charge is 2.52. The summed E-state index contributed by atoms with van der Waals surface area (Å²) in [6, 6.07) is 24.0. The van der Waals surface area contributed by atoms with E-state index in [1.807, 2.05) is 67.6 Å². The van der Waals surface area contributed by atoms with Gasteiger partial charge in [-0.15, -0.1) is 0 Å². The van der Waals surface area contributed by atoms with Gasteiger partial charge in [0, 0.05) is 13.5 Å². The fraction of sp³-hybridized carbons (Fsp3) is 0.459. The Balaban J connectivity index is 1.71. The molecule has 9 heteroatoms. The number of halogens is 2. The van der Waals surface area contributed by atoms with Gasteiger partial charge in [-0.25, -0.2) is 13.6 Å². The minimum atomic E-state index is -0.977. The van der Waals surface area contributed by atoms with E-state index >= 15 is 0 Å². The molecule has 2 amide bonds. The van der Waals surface area contributed by atoms with Gasteiger partial charge < -0.3 is 19.5 Å². The van der Waals surface area contributed by atoms with E-state index < -0.39 is 36.6 Å². The molecule has 0 saturated carbocycles. The van der Waals surface area contributed by atoms with Crippen molar-refractivity contribution in [3.8, 4) is 0 Å². The second kappa shape index (κ2) is 16.7. The number of hydrogen-bond acceptors (Lipinski definition) is 5. The Morgan fingerprint density at radius 2 is 1.57 bits per heavy atom. The van der Waals surface area contributed by atoms with Crippen molar-refractivity contribution in [1.82, 2.24) is 10.2 Å². The molecule has 1 saturated heterocycles. The van der Waals surface area contributed by atoms with E-state index in [1.165, 1.54) is 13.0 Å². The summed E-state index contributed by atoms with van der Waals surface area (Å²) in [6.07, 6.45) is 1.72. The molecule has 1 unspecified atom stereocenters. The maximum atomic E-state index is 14.2. The van der Waals surface area contributed by atoms with E-state index in [9.17, 15) is 18.4 Å². The molecule has 0 bridgehead atoms. The first-order chi connectivity index (χ1) is 22.2. The molecule has 248 valence electrons. The molecule has 1 aliphatic heterocycles. The number of likely N-dealkylation sites (tertiary alicyclic amines) is 1. The zero-order valence-corrected chi connectivity index (χ0v) is 27.1. The first-order valence-corrected chi connectivity index (χ1v) is 16.0. The van der Waals surface area contributed by atoms with Crippen LogP contribution in [0.5, 0.6) is 0 Å². The molecule has 3 atom stereocenters. The Labute approximate surface area is 271 Å². The van der Waals surface area contributed by atoms with Crippen molar-refractivity contribution in [1.29, 1.82) is 0 Å². The van der Waals surface area contributed by atoms with Crippen molar-refractivity contribution < 1.29 is 32.6 Å². The summed E-state index contributed by atoms with van der Waals surface area (Å²) < 4.78 is 45.7. The standard InChI is InChI=1S/C37H46F2N2O5/c1-4-5-18-44-26-36(40-29(3)42)16-17-37(34-14-10-7-11-15-34,41(25-36)35(43)45-24-30-12-8-6-9-13-30)27-46-28(2)33-20-31(22-38)19-32(21-33)23-39/h6-15,19-21,28H,4-5,16-18,22-27H2,1-3H3,(H,40,42)/t28-,36?,37-/m1/s1. The third kappa shape index (κ3) is 8.91. The monoisotopic (exact) mass is 636 g/mol. The summed E-state index contributed by atoms with van der Waals surface area (Å²) in [6.45, 7) is 5.01. The minimum absolute atomic E-state index is 0.0699. The lowest BCUT2D eigenvalue weighted by Gasteiger charge is -2.53. The molecular formula is C37H46F2N2O5. The summed E-state index contributed by atoms with van der Waals surface area (Å²) in [5.74, 6) is -0.217. The van der Waals surface area contributed by atoms with Gasteiger partial charge in [0.15, 0.2) is 0 Å². The molecule has 4 rings (SSSR count). The van der Waals surface area contributed by atoms with Crippen molar-refractivity contribution in [2.75, 3.05) is 26.4 Å². The highest BCUT2D eigenvalue weighted by atomic mass is 19.1. The van der Waals surface area contributed by atoms with Crippen LogP contribution < -0.4 is 5.32 Å². The number of carbonyl (C=O) groups is 2. The van der Waals surface area contributed by atoms with E-state index in [4.69, 9.17) is 14.2 Å². The number of ether oxygens (including phenoxy) is 3. The molecule has 0 aliphatic carbocycles. The molecule has 1 N–H and O–H groups in total. The van der Waals surface area contributed by atoms with Gasteiger partial charge in [-0.3, -0.25) is 9.69 Å². The number of piperidine rings is 1. The predicted molar refractivity (Wildman–Crippen MR) is 173 cm³/mol. The number of alkyl halides is 2. The molecule has 0 radical (unpaired) electrons. The van der Waals surface area contributed by atoms with Gasteiger partial charge in [-0.05, 0) is 54.0 Å². The van der Waals surface area contributed by atoms with Crippen LogP contribution in [-0.4, -0.2) is 48.8 Å². The summed E-state index contributed by atoms with van der Waals surface area (Å²) >= 11 is 0. The first-order valence-electron chi connectivity index (χ1n) is 16.0. The molecule has 46 heavy (non-hydrogen) atoms. The summed E-state index contributed by atoms with van der Waals surface area (Å²) in [4.78, 5) is 28.4. The molecule has 0 aromatic heterocycles. The molecule has 0 spiro atoms. The van der Waals surface area contributed by atoms with Gasteiger partial charge in [0.05, 0.1) is 36.9 Å². The van der Waals surface area contributed by atoms with Gasteiger partial charge >= 0.3 is 6.09 Å². The average Bonchev–Trinajstić information content (AvgIpc) is 3.08. The topological polar surface area (TPSA) is 77.1 Å². The van der Waals surface area contributed by atoms with E-state index in [0.717, 1.165) is 24.0 Å². The Morgan fingerprint density at radius 1 is 0.913 bits per heavy atom. The molecule has 3 aromatic rings. The van der Waals surface area contributed by atoms with Crippen LogP contribution in [0.1, 0.15) is 80.4 Å². The highest BCUT2D eigenvalue weighted by molar-refractivity contribution is 5.75. The van der Waals surface area contributed by atoms with Crippen LogP contribution in [-0.2, 0) is 44.5 Å². The maximum Gasteiger partial charge on any atom is 0.410 e. The Hall–Kier alpha value is -3.82. The fourth-order valence-electron chi connectivity index (χ4n) is 6.12. The van der Waals surface area contributed by atoms with Crippen LogP contribution in [0, 0.1) is 0 Å². The SMILES string of the molecule is CCCCOCC1(NC(C)=O)CC[C@@](CO[C@H](C)c2cc(CF)cc(CF)c2)(c2ccccc2)N(C(=O)OCc2ccccc2)C1. The van der Waals surface area contributed by atoms with Crippen LogP contribution in [0.3, 0.4) is 0 Å². The van der Waals surface area contributed by atoms with Gasteiger partial charge in [-0.2, -0.15) is 0 Å². The normalized spacial score (nSPS) is 20.2. The number of unbranched alkanes of at least 4 members (excludes halogenated alkanes) is 1. The number of benzene rings is 3. The fourth-order valence-corrected chi connectivity index (χ4v) is 6.12. The molecule has 1 aliphatic rings. The van der Waals surface area contributed by atoms with Crippen molar-refractivity contribution in [3.05, 3.63) is 107 Å². The van der Waals surface area contributed by atoms with Crippen LogP contribution in [0.15, 0.2) is 78.9 Å². The molecular weight excluding hydrogens is 590 g/mol. The van der Waals surface area contributed by atoms with Crippen LogP contribution in [0.25, 0.3) is 0 Å². The second-order valence-corrected chi connectivity index (χ2v) is 12.2. The highest BCUT2D eigenvalue weighted by Crippen LogP contribution is 2.43. The maximum absolute atomic E-state index is 14.2. The smallest absolute Gasteiger partial charge is 0.410 e. The third-order valence-corrected chi connectivity index (χ3v) is 8.62. The van der Waals surface area contributed by atoms with E-state index in [-0.39, 0.29) is 32.3 Å². The third-order valence-electron chi connectivity index (χ3n) is 8.62. The molecule has 1 heterocycles. The van der Waals surface area contributed by atoms with E-state index in [1.54, 1.807) is 17.0 Å². The average molecular weight is 637 g/mol. The van der Waals surface area contributed by atoms with Crippen molar-refractivity contribution in [3.63, 3.8) is 0 Å². The lowest BCUT2D eigenvalue weighted by atomic mass is 9.74. The molecule has 1 fully saturated rings. The van der Waals surface area contributed by atoms with Gasteiger partial charge in [0.25, 0.3) is 0 Å². The van der Waals surface area contributed by atoms with Crippen LogP contribution >= 0.6 is 0 Å². The number of amides is 2. The largest absolute Gasteiger partial charge is 0.445 e. The lowest BCUT2D eigenvalue weighted by Crippen LogP contribution is -2.68. The zero-order valence-electron chi connectivity index (χ0n) is 27.1. The van der Waals surface area contributed by atoms with Crippen LogP contribution in [0.2, 0.25) is 0 Å². The zero-order chi connectivity index (χ0) is 33.0.